The van der Waals surface area contributed by atoms with Crippen LogP contribution in [0.1, 0.15) is 16.8 Å². The Hall–Kier alpha value is -1.78. The SMILES string of the molecule is Cc1[nH]ncc1CNC(=O)/C=C/c1cc(Cl)cc(Cl)c1. The molecule has 20 heavy (non-hydrogen) atoms. The van der Waals surface area contributed by atoms with Crippen LogP contribution in [0.25, 0.3) is 6.08 Å². The Morgan fingerprint density at radius 3 is 2.65 bits per heavy atom. The fourth-order valence-corrected chi connectivity index (χ4v) is 2.18. The lowest BCUT2D eigenvalue weighted by atomic mass is 10.2. The fraction of sp³-hybridized carbons (Fsp3) is 0.143. The second-order valence-corrected chi connectivity index (χ2v) is 5.15. The highest BCUT2D eigenvalue weighted by atomic mass is 35.5. The molecule has 2 N–H and O–H groups in total. The molecule has 0 aliphatic carbocycles. The van der Waals surface area contributed by atoms with Gasteiger partial charge in [0.1, 0.15) is 0 Å². The van der Waals surface area contributed by atoms with Gasteiger partial charge in [-0.05, 0) is 36.8 Å². The highest BCUT2D eigenvalue weighted by Gasteiger charge is 2.02. The molecule has 0 aliphatic heterocycles. The zero-order valence-corrected chi connectivity index (χ0v) is 12.3. The monoisotopic (exact) mass is 309 g/mol. The molecule has 0 atom stereocenters. The lowest BCUT2D eigenvalue weighted by Crippen LogP contribution is -2.20. The first kappa shape index (κ1) is 14.6. The van der Waals surface area contributed by atoms with E-state index in [4.69, 9.17) is 23.2 Å². The third-order valence-corrected chi connectivity index (χ3v) is 3.14. The van der Waals surface area contributed by atoms with Gasteiger partial charge in [-0.25, -0.2) is 0 Å². The van der Waals surface area contributed by atoms with E-state index in [1.165, 1.54) is 6.08 Å². The van der Waals surface area contributed by atoms with Crippen molar-refractivity contribution in [2.75, 3.05) is 0 Å². The molecule has 104 valence electrons. The second-order valence-electron chi connectivity index (χ2n) is 4.27. The third kappa shape index (κ3) is 4.11. The summed E-state index contributed by atoms with van der Waals surface area (Å²) >= 11 is 11.8. The van der Waals surface area contributed by atoms with Crippen molar-refractivity contribution in [3.8, 4) is 0 Å². The van der Waals surface area contributed by atoms with Crippen LogP contribution in [0.4, 0.5) is 0 Å². The van der Waals surface area contributed by atoms with Gasteiger partial charge in [-0.3, -0.25) is 9.89 Å². The van der Waals surface area contributed by atoms with Gasteiger partial charge in [0.15, 0.2) is 0 Å². The van der Waals surface area contributed by atoms with Crippen LogP contribution in [0.3, 0.4) is 0 Å². The summed E-state index contributed by atoms with van der Waals surface area (Å²) in [6.45, 7) is 2.33. The summed E-state index contributed by atoms with van der Waals surface area (Å²) < 4.78 is 0. The minimum Gasteiger partial charge on any atom is -0.348 e. The largest absolute Gasteiger partial charge is 0.348 e. The number of nitrogens with one attached hydrogen (secondary N) is 2. The lowest BCUT2D eigenvalue weighted by Gasteiger charge is -2.01. The van der Waals surface area contributed by atoms with Crippen LogP contribution in [0, 0.1) is 6.92 Å². The van der Waals surface area contributed by atoms with E-state index in [2.05, 4.69) is 15.5 Å². The van der Waals surface area contributed by atoms with Gasteiger partial charge in [-0.15, -0.1) is 0 Å². The van der Waals surface area contributed by atoms with E-state index in [1.54, 1.807) is 30.5 Å². The number of carbonyl (C=O) groups is 1. The molecule has 0 fully saturated rings. The predicted octanol–water partition coefficient (Wildman–Crippen LogP) is 3.35. The number of halogens is 2. The van der Waals surface area contributed by atoms with Crippen molar-refractivity contribution in [2.45, 2.75) is 13.5 Å². The van der Waals surface area contributed by atoms with Gasteiger partial charge in [0.05, 0.1) is 6.20 Å². The second kappa shape index (κ2) is 6.59. The minimum atomic E-state index is -0.193. The molecule has 1 aromatic carbocycles. The third-order valence-electron chi connectivity index (χ3n) is 2.70. The van der Waals surface area contributed by atoms with E-state index < -0.39 is 0 Å². The first-order chi connectivity index (χ1) is 9.54. The molecular formula is C14H13Cl2N3O. The molecule has 1 amide bonds. The van der Waals surface area contributed by atoms with Crippen molar-refractivity contribution >= 4 is 35.2 Å². The zero-order valence-electron chi connectivity index (χ0n) is 10.8. The number of nitrogens with zero attached hydrogens (tertiary/aromatic N) is 1. The van der Waals surface area contributed by atoms with Gasteiger partial charge in [-0.2, -0.15) is 5.10 Å². The lowest BCUT2D eigenvalue weighted by molar-refractivity contribution is -0.116. The van der Waals surface area contributed by atoms with Crippen molar-refractivity contribution in [3.63, 3.8) is 0 Å². The molecule has 0 saturated heterocycles. The van der Waals surface area contributed by atoms with Crippen molar-refractivity contribution < 1.29 is 4.79 Å². The molecule has 1 aromatic heterocycles. The molecule has 0 bridgehead atoms. The maximum absolute atomic E-state index is 11.7. The minimum absolute atomic E-state index is 0.193. The molecule has 0 radical (unpaired) electrons. The number of aromatic nitrogens is 2. The smallest absolute Gasteiger partial charge is 0.244 e. The molecule has 6 heteroatoms. The maximum Gasteiger partial charge on any atom is 0.244 e. The Balaban J connectivity index is 1.94. The molecule has 4 nitrogen and oxygen atoms in total. The first-order valence-corrected chi connectivity index (χ1v) is 6.71. The molecule has 2 rings (SSSR count). The van der Waals surface area contributed by atoms with E-state index in [0.717, 1.165) is 16.8 Å². The first-order valence-electron chi connectivity index (χ1n) is 5.95. The number of H-pyrrole nitrogens is 1. The van der Waals surface area contributed by atoms with Gasteiger partial charge in [0, 0.05) is 33.9 Å². The summed E-state index contributed by atoms with van der Waals surface area (Å²) in [5.41, 5.74) is 2.67. The van der Waals surface area contributed by atoms with Crippen molar-refractivity contribution in [3.05, 3.63) is 57.3 Å². The number of hydrogen-bond acceptors (Lipinski definition) is 2. The maximum atomic E-state index is 11.7. The van der Waals surface area contributed by atoms with Crippen LogP contribution in [0.2, 0.25) is 10.0 Å². The molecule has 0 unspecified atom stereocenters. The number of amides is 1. The summed E-state index contributed by atoms with van der Waals surface area (Å²) in [5, 5.41) is 10.5. The molecule has 2 aromatic rings. The van der Waals surface area contributed by atoms with Crippen LogP contribution in [-0.4, -0.2) is 16.1 Å². The Labute approximate surface area is 126 Å². The van der Waals surface area contributed by atoms with Gasteiger partial charge >= 0.3 is 0 Å². The quantitative estimate of drug-likeness (QED) is 0.851. The molecule has 1 heterocycles. The van der Waals surface area contributed by atoms with Crippen LogP contribution in [-0.2, 0) is 11.3 Å². The number of rotatable bonds is 4. The summed E-state index contributed by atoms with van der Waals surface area (Å²) in [6, 6.07) is 5.11. The van der Waals surface area contributed by atoms with Crippen LogP contribution in [0.5, 0.6) is 0 Å². The Bertz CT molecular complexity index is 629. The summed E-state index contributed by atoms with van der Waals surface area (Å²) in [4.78, 5) is 11.7. The summed E-state index contributed by atoms with van der Waals surface area (Å²) in [6.07, 6.45) is 4.79. The normalized spacial score (nSPS) is 10.9. The Morgan fingerprint density at radius 2 is 2.05 bits per heavy atom. The highest BCUT2D eigenvalue weighted by molar-refractivity contribution is 6.34. The average molecular weight is 310 g/mol. The van der Waals surface area contributed by atoms with Gasteiger partial charge in [0.2, 0.25) is 5.91 Å². The zero-order chi connectivity index (χ0) is 14.5. The van der Waals surface area contributed by atoms with E-state index in [0.29, 0.717) is 16.6 Å². The van der Waals surface area contributed by atoms with Gasteiger partial charge < -0.3 is 5.32 Å². The van der Waals surface area contributed by atoms with E-state index in [-0.39, 0.29) is 5.91 Å². The van der Waals surface area contributed by atoms with Crippen LogP contribution in [0.15, 0.2) is 30.5 Å². The number of carbonyl (C=O) groups excluding carboxylic acids is 1. The van der Waals surface area contributed by atoms with Crippen molar-refractivity contribution in [1.29, 1.82) is 0 Å². The number of benzene rings is 1. The van der Waals surface area contributed by atoms with E-state index in [9.17, 15) is 4.79 Å². The number of aromatic amines is 1. The van der Waals surface area contributed by atoms with E-state index >= 15 is 0 Å². The van der Waals surface area contributed by atoms with Gasteiger partial charge in [0.25, 0.3) is 0 Å². The van der Waals surface area contributed by atoms with Gasteiger partial charge in [-0.1, -0.05) is 23.2 Å². The van der Waals surface area contributed by atoms with Crippen molar-refractivity contribution in [1.82, 2.24) is 15.5 Å². The number of hydrogen-bond donors (Lipinski definition) is 2. The molecular weight excluding hydrogens is 297 g/mol. The van der Waals surface area contributed by atoms with E-state index in [1.807, 2.05) is 6.92 Å². The Morgan fingerprint density at radius 1 is 1.35 bits per heavy atom. The molecule has 0 aliphatic rings. The standard InChI is InChI=1S/C14H13Cl2N3O/c1-9-11(8-18-19-9)7-17-14(20)3-2-10-4-12(15)6-13(16)5-10/h2-6,8H,7H2,1H3,(H,17,20)(H,18,19)/b3-2+. The summed E-state index contributed by atoms with van der Waals surface area (Å²) in [5.74, 6) is -0.193. The number of aryl methyl sites for hydroxylation is 1. The Kier molecular flexibility index (Phi) is 4.82. The molecule has 0 spiro atoms. The highest BCUT2D eigenvalue weighted by Crippen LogP contribution is 2.19. The summed E-state index contributed by atoms with van der Waals surface area (Å²) in [7, 11) is 0. The predicted molar refractivity (Wildman–Crippen MR) is 80.7 cm³/mol. The van der Waals surface area contributed by atoms with Crippen LogP contribution >= 0.6 is 23.2 Å². The average Bonchev–Trinajstić information content (AvgIpc) is 2.78. The van der Waals surface area contributed by atoms with Crippen molar-refractivity contribution in [2.24, 2.45) is 0 Å². The topological polar surface area (TPSA) is 57.8 Å². The van der Waals surface area contributed by atoms with Crippen LogP contribution < -0.4 is 5.32 Å². The molecule has 0 saturated carbocycles. The fourth-order valence-electron chi connectivity index (χ4n) is 1.64.